The van der Waals surface area contributed by atoms with Crippen molar-refractivity contribution in [2.24, 2.45) is 0 Å². The van der Waals surface area contributed by atoms with Crippen molar-refractivity contribution in [1.29, 1.82) is 0 Å². The zero-order chi connectivity index (χ0) is 14.7. The minimum Gasteiger partial charge on any atom is -0.497 e. The first-order chi connectivity index (χ1) is 10.3. The van der Waals surface area contributed by atoms with Gasteiger partial charge in [0, 0.05) is 30.9 Å². The highest BCUT2D eigenvalue weighted by atomic mass is 16.5. The molecule has 0 spiro atoms. The Morgan fingerprint density at radius 2 is 2.38 bits per heavy atom. The van der Waals surface area contributed by atoms with Crippen molar-refractivity contribution in [3.8, 4) is 22.8 Å². The predicted octanol–water partition coefficient (Wildman–Crippen LogP) is 2.23. The van der Waals surface area contributed by atoms with Gasteiger partial charge in [-0.3, -0.25) is 0 Å². The highest BCUT2D eigenvalue weighted by Crippen LogP contribution is 2.33. The lowest BCUT2D eigenvalue weighted by molar-refractivity contribution is 0.358. The second kappa shape index (κ2) is 6.01. The fourth-order valence-electron chi connectivity index (χ4n) is 2.43. The molecular formula is C16H19N3O2. The fraction of sp³-hybridized carbons (Fsp3) is 0.312. The molecule has 0 saturated heterocycles. The van der Waals surface area contributed by atoms with Crippen LogP contribution in [0.4, 0.5) is 0 Å². The molecule has 110 valence electrons. The summed E-state index contributed by atoms with van der Waals surface area (Å²) in [7, 11) is 1.65. The Hall–Kier alpha value is -2.27. The Kier molecular flexibility index (Phi) is 3.92. The number of methoxy groups -OCH3 is 1. The molecule has 5 nitrogen and oxygen atoms in total. The third-order valence-corrected chi connectivity index (χ3v) is 3.49. The highest BCUT2D eigenvalue weighted by Gasteiger charge is 2.16. The van der Waals surface area contributed by atoms with Crippen LogP contribution < -0.4 is 14.8 Å². The number of fused-ring (bicyclic) bond motifs is 1. The molecule has 1 N–H and O–H groups in total. The van der Waals surface area contributed by atoms with Gasteiger partial charge >= 0.3 is 0 Å². The molecule has 21 heavy (non-hydrogen) atoms. The summed E-state index contributed by atoms with van der Waals surface area (Å²) >= 11 is 0. The summed E-state index contributed by atoms with van der Waals surface area (Å²) in [6, 6.07) is 5.79. The molecular weight excluding hydrogens is 266 g/mol. The van der Waals surface area contributed by atoms with Crippen LogP contribution in [-0.2, 0) is 13.1 Å². The van der Waals surface area contributed by atoms with E-state index in [1.807, 2.05) is 18.2 Å². The molecule has 0 aliphatic carbocycles. The van der Waals surface area contributed by atoms with Crippen molar-refractivity contribution >= 4 is 0 Å². The monoisotopic (exact) mass is 285 g/mol. The van der Waals surface area contributed by atoms with Gasteiger partial charge in [0.25, 0.3) is 0 Å². The molecule has 1 aromatic heterocycles. The maximum Gasteiger partial charge on any atom is 0.132 e. The molecule has 1 aliphatic heterocycles. The normalized spacial score (nSPS) is 13.6. The zero-order valence-corrected chi connectivity index (χ0v) is 12.1. The standard InChI is InChI=1S/C16H19N3O2/c1-3-8-21-15-9-12(20-2)4-5-13(15)14-11-19-7-6-17-10-16(19)18-14/h3-5,9,11,17H,1,6-8,10H2,2H3. The first kappa shape index (κ1) is 13.7. The van der Waals surface area contributed by atoms with E-state index in [2.05, 4.69) is 22.7 Å². The van der Waals surface area contributed by atoms with Gasteiger partial charge in [0.2, 0.25) is 0 Å². The van der Waals surface area contributed by atoms with Crippen LogP contribution in [0.15, 0.2) is 37.1 Å². The van der Waals surface area contributed by atoms with Crippen LogP contribution in [0.1, 0.15) is 5.82 Å². The maximum absolute atomic E-state index is 5.75. The molecule has 0 unspecified atom stereocenters. The molecule has 0 atom stereocenters. The maximum atomic E-state index is 5.75. The number of hydrogen-bond acceptors (Lipinski definition) is 4. The molecule has 0 amide bonds. The van der Waals surface area contributed by atoms with Crippen molar-refractivity contribution in [2.75, 3.05) is 20.3 Å². The number of nitrogens with zero attached hydrogens (tertiary/aromatic N) is 2. The molecule has 0 saturated carbocycles. The summed E-state index contributed by atoms with van der Waals surface area (Å²) in [6.45, 7) is 6.87. The van der Waals surface area contributed by atoms with E-state index in [-0.39, 0.29) is 0 Å². The van der Waals surface area contributed by atoms with Gasteiger partial charge in [-0.05, 0) is 12.1 Å². The van der Waals surface area contributed by atoms with Gasteiger partial charge < -0.3 is 19.4 Å². The van der Waals surface area contributed by atoms with Crippen LogP contribution in [0, 0.1) is 0 Å². The van der Waals surface area contributed by atoms with Crippen LogP contribution in [0.5, 0.6) is 11.5 Å². The van der Waals surface area contributed by atoms with Crippen LogP contribution >= 0.6 is 0 Å². The minimum absolute atomic E-state index is 0.454. The van der Waals surface area contributed by atoms with E-state index in [9.17, 15) is 0 Å². The van der Waals surface area contributed by atoms with Crippen LogP contribution in [0.3, 0.4) is 0 Å². The summed E-state index contributed by atoms with van der Waals surface area (Å²) in [5, 5.41) is 3.33. The predicted molar refractivity (Wildman–Crippen MR) is 81.6 cm³/mol. The number of hydrogen-bond donors (Lipinski definition) is 1. The topological polar surface area (TPSA) is 48.3 Å². The number of benzene rings is 1. The third-order valence-electron chi connectivity index (χ3n) is 3.49. The molecule has 2 heterocycles. The Labute approximate surface area is 124 Å². The number of nitrogens with one attached hydrogen (secondary N) is 1. The number of ether oxygens (including phenoxy) is 2. The Morgan fingerprint density at radius 3 is 3.14 bits per heavy atom. The Morgan fingerprint density at radius 1 is 1.48 bits per heavy atom. The van der Waals surface area contributed by atoms with Gasteiger partial charge in [-0.2, -0.15) is 0 Å². The van der Waals surface area contributed by atoms with Gasteiger partial charge in [-0.15, -0.1) is 0 Å². The molecule has 3 rings (SSSR count). The van der Waals surface area contributed by atoms with Crippen molar-refractivity contribution in [3.63, 3.8) is 0 Å². The van der Waals surface area contributed by atoms with Gasteiger partial charge in [0.05, 0.1) is 19.3 Å². The summed E-state index contributed by atoms with van der Waals surface area (Å²) in [5.74, 6) is 2.59. The number of rotatable bonds is 5. The second-order valence-corrected chi connectivity index (χ2v) is 4.87. The highest BCUT2D eigenvalue weighted by molar-refractivity contribution is 5.68. The van der Waals surface area contributed by atoms with Gasteiger partial charge in [0.1, 0.15) is 23.9 Å². The number of aromatic nitrogens is 2. The molecule has 5 heteroatoms. The smallest absolute Gasteiger partial charge is 0.132 e. The van der Waals surface area contributed by atoms with E-state index < -0.39 is 0 Å². The van der Waals surface area contributed by atoms with Gasteiger partial charge in [0.15, 0.2) is 0 Å². The Bertz CT molecular complexity index is 625. The zero-order valence-electron chi connectivity index (χ0n) is 12.1. The van der Waals surface area contributed by atoms with Crippen molar-refractivity contribution in [1.82, 2.24) is 14.9 Å². The largest absolute Gasteiger partial charge is 0.497 e. The molecule has 1 aliphatic rings. The molecule has 0 fully saturated rings. The van der Waals surface area contributed by atoms with Crippen molar-refractivity contribution in [2.45, 2.75) is 13.1 Å². The van der Waals surface area contributed by atoms with Crippen LogP contribution in [-0.4, -0.2) is 29.8 Å². The first-order valence-electron chi connectivity index (χ1n) is 7.00. The number of imidazole rings is 1. The minimum atomic E-state index is 0.454. The third kappa shape index (κ3) is 2.78. The summed E-state index contributed by atoms with van der Waals surface area (Å²) < 4.78 is 13.2. The lowest BCUT2D eigenvalue weighted by Crippen LogP contribution is -2.27. The second-order valence-electron chi connectivity index (χ2n) is 4.87. The fourth-order valence-corrected chi connectivity index (χ4v) is 2.43. The van der Waals surface area contributed by atoms with Gasteiger partial charge in [-0.1, -0.05) is 12.7 Å². The quantitative estimate of drug-likeness (QED) is 0.856. The van der Waals surface area contributed by atoms with Crippen molar-refractivity contribution < 1.29 is 9.47 Å². The SMILES string of the molecule is C=CCOc1cc(OC)ccc1-c1cn2c(n1)CNCC2. The Balaban J connectivity index is 1.99. The van der Waals surface area contributed by atoms with E-state index in [0.717, 1.165) is 48.2 Å². The summed E-state index contributed by atoms with van der Waals surface area (Å²) in [4.78, 5) is 4.70. The lowest BCUT2D eigenvalue weighted by atomic mass is 10.1. The lowest BCUT2D eigenvalue weighted by Gasteiger charge is -2.13. The van der Waals surface area contributed by atoms with E-state index >= 15 is 0 Å². The van der Waals surface area contributed by atoms with E-state index in [0.29, 0.717) is 6.61 Å². The average Bonchev–Trinajstić information content (AvgIpc) is 2.96. The van der Waals surface area contributed by atoms with Crippen LogP contribution in [0.25, 0.3) is 11.3 Å². The summed E-state index contributed by atoms with van der Waals surface area (Å²) in [6.07, 6.45) is 3.81. The van der Waals surface area contributed by atoms with Gasteiger partial charge in [-0.25, -0.2) is 4.98 Å². The molecule has 0 bridgehead atoms. The van der Waals surface area contributed by atoms with E-state index in [4.69, 9.17) is 14.5 Å². The molecule has 0 radical (unpaired) electrons. The summed E-state index contributed by atoms with van der Waals surface area (Å²) in [5.41, 5.74) is 1.90. The van der Waals surface area contributed by atoms with E-state index in [1.54, 1.807) is 13.2 Å². The molecule has 1 aromatic carbocycles. The van der Waals surface area contributed by atoms with E-state index in [1.165, 1.54) is 0 Å². The average molecular weight is 285 g/mol. The molecule has 2 aromatic rings. The first-order valence-corrected chi connectivity index (χ1v) is 7.00. The van der Waals surface area contributed by atoms with Crippen LogP contribution in [0.2, 0.25) is 0 Å². The van der Waals surface area contributed by atoms with Crippen molar-refractivity contribution in [3.05, 3.63) is 42.9 Å².